The Kier molecular flexibility index (Phi) is 5.82. The predicted molar refractivity (Wildman–Crippen MR) is 105 cm³/mol. The molecular formula is C22H27NO3. The van der Waals surface area contributed by atoms with Gasteiger partial charge in [0.25, 0.3) is 0 Å². The summed E-state index contributed by atoms with van der Waals surface area (Å²) in [6.07, 6.45) is 2.06. The van der Waals surface area contributed by atoms with Gasteiger partial charge < -0.3 is 14.4 Å². The molecule has 4 heteroatoms. The monoisotopic (exact) mass is 353 g/mol. The second-order valence-corrected chi connectivity index (χ2v) is 6.85. The van der Waals surface area contributed by atoms with E-state index in [-0.39, 0.29) is 11.9 Å². The first-order chi connectivity index (χ1) is 12.6. The summed E-state index contributed by atoms with van der Waals surface area (Å²) in [6, 6.07) is 13.8. The van der Waals surface area contributed by atoms with Gasteiger partial charge in [-0.15, -0.1) is 0 Å². The van der Waals surface area contributed by atoms with Crippen LogP contribution in [0, 0.1) is 6.92 Å². The third kappa shape index (κ3) is 4.37. The summed E-state index contributed by atoms with van der Waals surface area (Å²) in [5, 5.41) is 0. The lowest BCUT2D eigenvalue weighted by Crippen LogP contribution is -2.40. The summed E-state index contributed by atoms with van der Waals surface area (Å²) in [5.74, 6) is 1.86. The van der Waals surface area contributed by atoms with E-state index in [9.17, 15) is 4.79 Å². The zero-order chi connectivity index (χ0) is 18.5. The van der Waals surface area contributed by atoms with Gasteiger partial charge >= 0.3 is 0 Å². The molecule has 4 nitrogen and oxygen atoms in total. The highest BCUT2D eigenvalue weighted by molar-refractivity contribution is 5.95. The summed E-state index contributed by atoms with van der Waals surface area (Å²) in [4.78, 5) is 14.0. The first-order valence-corrected chi connectivity index (χ1v) is 9.33. The number of fused-ring (bicyclic) bond motifs is 1. The molecule has 0 aromatic heterocycles. The molecule has 0 aliphatic carbocycles. The minimum Gasteiger partial charge on any atom is -0.494 e. The van der Waals surface area contributed by atoms with Gasteiger partial charge in [0.15, 0.2) is 5.78 Å². The summed E-state index contributed by atoms with van der Waals surface area (Å²) < 4.78 is 11.9. The summed E-state index contributed by atoms with van der Waals surface area (Å²) >= 11 is 0. The van der Waals surface area contributed by atoms with E-state index in [4.69, 9.17) is 9.47 Å². The molecule has 3 rings (SSSR count). The standard InChI is InChI=1S/C22H27NO3/c1-4-19-15-23(11-6-12-25-20-8-5-7-16(2)13-20)21-14-18(17(3)24)9-10-22(21)26-19/h5,7-10,13-14,19H,4,6,11-12,15H2,1-3H3. The average Bonchev–Trinajstić information content (AvgIpc) is 2.64. The van der Waals surface area contributed by atoms with Gasteiger partial charge in [0.05, 0.1) is 18.8 Å². The van der Waals surface area contributed by atoms with Crippen LogP contribution in [0.25, 0.3) is 0 Å². The van der Waals surface area contributed by atoms with E-state index in [0.29, 0.717) is 6.61 Å². The van der Waals surface area contributed by atoms with Crippen molar-refractivity contribution in [2.24, 2.45) is 0 Å². The van der Waals surface area contributed by atoms with Gasteiger partial charge in [-0.3, -0.25) is 4.79 Å². The second kappa shape index (κ2) is 8.26. The van der Waals surface area contributed by atoms with E-state index in [1.54, 1.807) is 6.92 Å². The SMILES string of the molecule is CCC1CN(CCCOc2cccc(C)c2)c2cc(C(C)=O)ccc2O1. The second-order valence-electron chi connectivity index (χ2n) is 6.85. The number of ketones is 1. The van der Waals surface area contributed by atoms with Crippen molar-refractivity contribution in [2.45, 2.75) is 39.7 Å². The molecule has 0 saturated heterocycles. The summed E-state index contributed by atoms with van der Waals surface area (Å²) in [5.41, 5.74) is 2.94. The van der Waals surface area contributed by atoms with Crippen LogP contribution in [0.2, 0.25) is 0 Å². The van der Waals surface area contributed by atoms with Crippen LogP contribution in [0.4, 0.5) is 5.69 Å². The highest BCUT2D eigenvalue weighted by atomic mass is 16.5. The van der Waals surface area contributed by atoms with Crippen molar-refractivity contribution in [1.29, 1.82) is 0 Å². The lowest BCUT2D eigenvalue weighted by molar-refractivity contribution is 0.101. The van der Waals surface area contributed by atoms with Crippen molar-refractivity contribution in [1.82, 2.24) is 0 Å². The molecular weight excluding hydrogens is 326 g/mol. The smallest absolute Gasteiger partial charge is 0.159 e. The van der Waals surface area contributed by atoms with Gasteiger partial charge in [0, 0.05) is 12.1 Å². The predicted octanol–water partition coefficient (Wildman–Crippen LogP) is 4.64. The molecule has 1 aliphatic rings. The van der Waals surface area contributed by atoms with Crippen molar-refractivity contribution in [3.8, 4) is 11.5 Å². The maximum absolute atomic E-state index is 11.7. The van der Waals surface area contributed by atoms with Crippen LogP contribution >= 0.6 is 0 Å². The Hall–Kier alpha value is -2.49. The number of Topliss-reactive ketones (excluding diaryl/α,β-unsaturated/α-hetero) is 1. The van der Waals surface area contributed by atoms with Crippen LogP contribution in [0.3, 0.4) is 0 Å². The van der Waals surface area contributed by atoms with Crippen LogP contribution < -0.4 is 14.4 Å². The van der Waals surface area contributed by atoms with Crippen molar-refractivity contribution in [2.75, 3.05) is 24.6 Å². The minimum absolute atomic E-state index is 0.0770. The Morgan fingerprint density at radius 3 is 2.85 bits per heavy atom. The van der Waals surface area contributed by atoms with Crippen molar-refractivity contribution in [3.05, 3.63) is 53.6 Å². The topological polar surface area (TPSA) is 38.8 Å². The number of anilines is 1. The van der Waals surface area contributed by atoms with Crippen molar-refractivity contribution in [3.63, 3.8) is 0 Å². The maximum Gasteiger partial charge on any atom is 0.159 e. The molecule has 2 aromatic carbocycles. The third-order valence-corrected chi connectivity index (χ3v) is 4.71. The fourth-order valence-electron chi connectivity index (χ4n) is 3.22. The molecule has 0 bridgehead atoms. The van der Waals surface area contributed by atoms with Gasteiger partial charge in [-0.1, -0.05) is 19.1 Å². The summed E-state index contributed by atoms with van der Waals surface area (Å²) in [7, 11) is 0. The first kappa shape index (κ1) is 18.3. The van der Waals surface area contributed by atoms with E-state index in [1.807, 2.05) is 30.3 Å². The Morgan fingerprint density at radius 2 is 2.12 bits per heavy atom. The lowest BCUT2D eigenvalue weighted by atomic mass is 10.1. The van der Waals surface area contributed by atoms with Gasteiger partial charge in [-0.2, -0.15) is 0 Å². The Labute approximate surface area is 155 Å². The van der Waals surface area contributed by atoms with E-state index in [2.05, 4.69) is 30.9 Å². The number of carbonyl (C=O) groups is 1. The largest absolute Gasteiger partial charge is 0.494 e. The van der Waals surface area contributed by atoms with Crippen molar-refractivity contribution >= 4 is 11.5 Å². The molecule has 0 N–H and O–H groups in total. The average molecular weight is 353 g/mol. The normalized spacial score (nSPS) is 16.0. The number of hydrogen-bond acceptors (Lipinski definition) is 4. The van der Waals surface area contributed by atoms with Gasteiger partial charge in [-0.05, 0) is 62.6 Å². The number of carbonyl (C=O) groups excluding carboxylic acids is 1. The molecule has 0 fully saturated rings. The number of aryl methyl sites for hydroxylation is 1. The zero-order valence-corrected chi connectivity index (χ0v) is 15.8. The molecule has 0 saturated carbocycles. The zero-order valence-electron chi connectivity index (χ0n) is 15.8. The lowest BCUT2D eigenvalue weighted by Gasteiger charge is -2.36. The van der Waals surface area contributed by atoms with Crippen LogP contribution in [0.1, 0.15) is 42.6 Å². The Morgan fingerprint density at radius 1 is 1.27 bits per heavy atom. The number of hydrogen-bond donors (Lipinski definition) is 0. The molecule has 26 heavy (non-hydrogen) atoms. The Balaban J connectivity index is 1.65. The van der Waals surface area contributed by atoms with Crippen LogP contribution in [0.5, 0.6) is 11.5 Å². The fourth-order valence-corrected chi connectivity index (χ4v) is 3.22. The molecule has 138 valence electrons. The molecule has 1 atom stereocenters. The van der Waals surface area contributed by atoms with E-state index >= 15 is 0 Å². The minimum atomic E-state index is 0.0770. The van der Waals surface area contributed by atoms with Crippen LogP contribution in [-0.4, -0.2) is 31.6 Å². The highest BCUT2D eigenvalue weighted by Gasteiger charge is 2.25. The fraction of sp³-hybridized carbons (Fsp3) is 0.409. The maximum atomic E-state index is 11.7. The summed E-state index contributed by atoms with van der Waals surface area (Å²) in [6.45, 7) is 8.18. The molecule has 1 aliphatic heterocycles. The van der Waals surface area contributed by atoms with E-state index in [0.717, 1.165) is 48.7 Å². The molecule has 0 spiro atoms. The number of ether oxygens (including phenoxy) is 2. The molecule has 2 aromatic rings. The Bertz CT molecular complexity index is 772. The van der Waals surface area contributed by atoms with Gasteiger partial charge in [0.1, 0.15) is 17.6 Å². The molecule has 0 radical (unpaired) electrons. The van der Waals surface area contributed by atoms with E-state index in [1.165, 1.54) is 5.56 Å². The number of nitrogens with zero attached hydrogens (tertiary/aromatic N) is 1. The van der Waals surface area contributed by atoms with Gasteiger partial charge in [-0.25, -0.2) is 0 Å². The molecule has 0 amide bonds. The van der Waals surface area contributed by atoms with Crippen LogP contribution in [-0.2, 0) is 0 Å². The first-order valence-electron chi connectivity index (χ1n) is 9.33. The number of rotatable bonds is 7. The van der Waals surface area contributed by atoms with Crippen LogP contribution in [0.15, 0.2) is 42.5 Å². The number of benzene rings is 2. The van der Waals surface area contributed by atoms with Gasteiger partial charge in [0.2, 0.25) is 0 Å². The molecule has 1 heterocycles. The van der Waals surface area contributed by atoms with Crippen molar-refractivity contribution < 1.29 is 14.3 Å². The van der Waals surface area contributed by atoms with E-state index < -0.39 is 0 Å². The highest BCUT2D eigenvalue weighted by Crippen LogP contribution is 2.35. The quantitative estimate of drug-likeness (QED) is 0.537. The third-order valence-electron chi connectivity index (χ3n) is 4.71. The molecule has 1 unspecified atom stereocenters.